The van der Waals surface area contributed by atoms with Crippen molar-refractivity contribution >= 4 is 24.0 Å². The number of carbonyl (C=O) groups is 2. The molecule has 0 saturated heterocycles. The van der Waals surface area contributed by atoms with Crippen LogP contribution >= 0.6 is 11.6 Å². The molecule has 2 aromatic carbocycles. The number of nitrogens with one attached hydrogen (secondary N) is 1. The molecule has 1 N–H and O–H groups in total. The second kappa shape index (κ2) is 11.5. The van der Waals surface area contributed by atoms with E-state index in [-0.39, 0.29) is 24.5 Å². The summed E-state index contributed by atoms with van der Waals surface area (Å²) in [4.78, 5) is 24.3. The summed E-state index contributed by atoms with van der Waals surface area (Å²) in [5.41, 5.74) is 3.35. The molecule has 1 amide bonds. The molecule has 9 heteroatoms. The van der Waals surface area contributed by atoms with Gasteiger partial charge in [0.2, 0.25) is 5.91 Å². The first-order valence-electron chi connectivity index (χ1n) is 12.8. The zero-order chi connectivity index (χ0) is 26.6. The molecule has 0 spiro atoms. The molecule has 1 aliphatic heterocycles. The van der Waals surface area contributed by atoms with E-state index in [1.165, 1.54) is 0 Å². The van der Waals surface area contributed by atoms with E-state index >= 15 is 0 Å². The minimum absolute atomic E-state index is 0.0822. The summed E-state index contributed by atoms with van der Waals surface area (Å²) in [6.07, 6.45) is 3.99. The van der Waals surface area contributed by atoms with Gasteiger partial charge in [-0.05, 0) is 55.7 Å². The predicted octanol–water partition coefficient (Wildman–Crippen LogP) is 5.30. The summed E-state index contributed by atoms with van der Waals surface area (Å²) >= 11 is 6.46. The van der Waals surface area contributed by atoms with Gasteiger partial charge in [0.1, 0.15) is 18.3 Å². The van der Waals surface area contributed by atoms with Gasteiger partial charge in [0.15, 0.2) is 11.5 Å². The Morgan fingerprint density at radius 3 is 2.74 bits per heavy atom. The average Bonchev–Trinajstić information content (AvgIpc) is 3.37. The highest BCUT2D eigenvalue weighted by molar-refractivity contribution is 6.30. The number of amides is 1. The highest BCUT2D eigenvalue weighted by atomic mass is 35.5. The fourth-order valence-electron chi connectivity index (χ4n) is 5.58. The number of carbonyl (C=O) groups excluding carboxylic acids is 2. The van der Waals surface area contributed by atoms with Gasteiger partial charge in [0, 0.05) is 22.3 Å². The van der Waals surface area contributed by atoms with Crippen LogP contribution in [-0.4, -0.2) is 43.3 Å². The molecule has 1 aromatic heterocycles. The Bertz CT molecular complexity index is 1310. The lowest BCUT2D eigenvalue weighted by Crippen LogP contribution is -2.46. The van der Waals surface area contributed by atoms with Gasteiger partial charge in [-0.25, -0.2) is 0 Å². The van der Waals surface area contributed by atoms with Crippen LogP contribution in [0.3, 0.4) is 0 Å². The Morgan fingerprint density at radius 1 is 1.11 bits per heavy atom. The first kappa shape index (κ1) is 26.1. The molecule has 1 saturated carbocycles. The Labute approximate surface area is 226 Å². The van der Waals surface area contributed by atoms with Crippen molar-refractivity contribution in [3.8, 4) is 17.2 Å². The lowest BCUT2D eigenvalue weighted by Gasteiger charge is -2.31. The van der Waals surface area contributed by atoms with Crippen LogP contribution in [0.25, 0.3) is 5.69 Å². The van der Waals surface area contributed by atoms with Crippen molar-refractivity contribution in [2.45, 2.75) is 56.5 Å². The maximum Gasteiger partial charge on any atom is 0.293 e. The van der Waals surface area contributed by atoms with Crippen molar-refractivity contribution in [3.05, 3.63) is 76.6 Å². The lowest BCUT2D eigenvalue weighted by molar-refractivity contribution is -0.139. The van der Waals surface area contributed by atoms with Crippen LogP contribution in [0.4, 0.5) is 0 Å². The SMILES string of the molecule is COc1cccc([C@H]2O[C@H](CC(=O)N[C@@H]3CCCC[C@@H]3OC=O)c3cccn3-c3ccc(Cl)cc32)c1OC. The van der Waals surface area contributed by atoms with Crippen LogP contribution in [0.1, 0.15) is 61.1 Å². The van der Waals surface area contributed by atoms with Crippen LogP contribution in [-0.2, 0) is 19.1 Å². The van der Waals surface area contributed by atoms with Crippen molar-refractivity contribution in [1.29, 1.82) is 0 Å². The van der Waals surface area contributed by atoms with Crippen LogP contribution < -0.4 is 14.8 Å². The molecule has 5 rings (SSSR count). The van der Waals surface area contributed by atoms with Gasteiger partial charge in [0.25, 0.3) is 6.47 Å². The standard InChI is InChI=1S/C29H31ClN2O6/c1-35-25-11-5-7-19(29(25)36-2)28-20-15-18(30)12-13-22(20)32-14-6-9-23(32)26(38-28)16-27(34)31-21-8-3-4-10-24(21)37-17-33/h5-7,9,11-15,17,21,24,26,28H,3-4,8,10,16H2,1-2H3,(H,31,34)/t21-,24+,26-,28-/m1/s1. The highest BCUT2D eigenvalue weighted by Gasteiger charge is 2.35. The first-order chi connectivity index (χ1) is 18.5. The molecule has 4 atom stereocenters. The maximum absolute atomic E-state index is 13.4. The number of nitrogens with zero attached hydrogens (tertiary/aromatic N) is 1. The van der Waals surface area contributed by atoms with E-state index in [4.69, 9.17) is 30.5 Å². The van der Waals surface area contributed by atoms with E-state index in [9.17, 15) is 9.59 Å². The molecule has 38 heavy (non-hydrogen) atoms. The van der Waals surface area contributed by atoms with Crippen LogP contribution in [0, 0.1) is 0 Å². The Balaban J connectivity index is 1.51. The molecule has 2 heterocycles. The van der Waals surface area contributed by atoms with E-state index < -0.39 is 12.2 Å². The average molecular weight is 539 g/mol. The molecule has 0 unspecified atom stereocenters. The van der Waals surface area contributed by atoms with Gasteiger partial charge in [-0.2, -0.15) is 0 Å². The fourth-order valence-corrected chi connectivity index (χ4v) is 5.76. The van der Waals surface area contributed by atoms with Gasteiger partial charge < -0.3 is 28.8 Å². The van der Waals surface area contributed by atoms with Gasteiger partial charge in [0.05, 0.1) is 38.1 Å². The molecule has 8 nitrogen and oxygen atoms in total. The van der Waals surface area contributed by atoms with Crippen molar-refractivity contribution in [2.24, 2.45) is 0 Å². The number of para-hydroxylation sites is 1. The van der Waals surface area contributed by atoms with E-state index in [1.807, 2.05) is 59.3 Å². The van der Waals surface area contributed by atoms with Crippen LogP contribution in [0.2, 0.25) is 5.02 Å². The van der Waals surface area contributed by atoms with E-state index in [2.05, 4.69) is 5.32 Å². The summed E-state index contributed by atoms with van der Waals surface area (Å²) < 4.78 is 25.4. The number of aromatic nitrogens is 1. The molecule has 2 aliphatic rings. The third kappa shape index (κ3) is 5.11. The molecular weight excluding hydrogens is 508 g/mol. The Kier molecular flexibility index (Phi) is 7.90. The third-order valence-corrected chi connectivity index (χ3v) is 7.54. The zero-order valence-corrected chi connectivity index (χ0v) is 22.1. The quantitative estimate of drug-likeness (QED) is 0.392. The number of hydrogen-bond acceptors (Lipinski definition) is 6. The predicted molar refractivity (Wildman–Crippen MR) is 142 cm³/mol. The van der Waals surface area contributed by atoms with Gasteiger partial charge in [-0.15, -0.1) is 0 Å². The van der Waals surface area contributed by atoms with E-state index in [0.29, 0.717) is 23.0 Å². The minimum Gasteiger partial charge on any atom is -0.493 e. The molecule has 200 valence electrons. The van der Waals surface area contributed by atoms with Gasteiger partial charge >= 0.3 is 0 Å². The summed E-state index contributed by atoms with van der Waals surface area (Å²) in [5, 5.41) is 3.66. The smallest absolute Gasteiger partial charge is 0.293 e. The van der Waals surface area contributed by atoms with Gasteiger partial charge in [-0.3, -0.25) is 9.59 Å². The number of halogens is 1. The molecule has 0 bridgehead atoms. The van der Waals surface area contributed by atoms with Gasteiger partial charge in [-0.1, -0.05) is 30.2 Å². The summed E-state index contributed by atoms with van der Waals surface area (Å²) in [6, 6.07) is 15.0. The molecule has 3 aromatic rings. The Hall–Kier alpha value is -3.49. The van der Waals surface area contributed by atoms with Crippen molar-refractivity contribution in [1.82, 2.24) is 9.88 Å². The second-order valence-corrected chi connectivity index (χ2v) is 9.96. The Morgan fingerprint density at radius 2 is 1.95 bits per heavy atom. The normalized spacial score (nSPS) is 22.4. The molecule has 1 fully saturated rings. The number of fused-ring (bicyclic) bond motifs is 3. The zero-order valence-electron chi connectivity index (χ0n) is 21.4. The monoisotopic (exact) mass is 538 g/mol. The van der Waals surface area contributed by atoms with Crippen molar-refractivity contribution < 1.29 is 28.5 Å². The summed E-state index contributed by atoms with van der Waals surface area (Å²) in [7, 11) is 3.18. The number of methoxy groups -OCH3 is 2. The lowest BCUT2D eigenvalue weighted by atomic mass is 9.92. The highest BCUT2D eigenvalue weighted by Crippen LogP contribution is 2.46. The number of hydrogen-bond donors (Lipinski definition) is 1. The number of ether oxygens (including phenoxy) is 4. The number of benzene rings is 2. The third-order valence-electron chi connectivity index (χ3n) is 7.31. The molecule has 0 radical (unpaired) electrons. The van der Waals surface area contributed by atoms with Crippen molar-refractivity contribution in [2.75, 3.05) is 14.2 Å². The second-order valence-electron chi connectivity index (χ2n) is 9.53. The molecule has 1 aliphatic carbocycles. The summed E-state index contributed by atoms with van der Waals surface area (Å²) in [5.74, 6) is 0.958. The number of rotatable bonds is 8. The largest absolute Gasteiger partial charge is 0.493 e. The fraction of sp³-hybridized carbons (Fsp3) is 0.379. The minimum atomic E-state index is -0.590. The molecular formula is C29H31ClN2O6. The van der Waals surface area contributed by atoms with E-state index in [0.717, 1.165) is 48.2 Å². The first-order valence-corrected chi connectivity index (χ1v) is 13.1. The van der Waals surface area contributed by atoms with E-state index in [1.54, 1.807) is 14.2 Å². The van der Waals surface area contributed by atoms with Crippen LogP contribution in [0.5, 0.6) is 11.5 Å². The van der Waals surface area contributed by atoms with Crippen molar-refractivity contribution in [3.63, 3.8) is 0 Å². The summed E-state index contributed by atoms with van der Waals surface area (Å²) in [6.45, 7) is 0.463. The maximum atomic E-state index is 13.4. The topological polar surface area (TPSA) is 88.0 Å². The van der Waals surface area contributed by atoms with Crippen LogP contribution in [0.15, 0.2) is 54.7 Å².